The minimum atomic E-state index is -3.48. The molecule has 6 nitrogen and oxygen atoms in total. The predicted molar refractivity (Wildman–Crippen MR) is 101 cm³/mol. The maximum absolute atomic E-state index is 12.7. The zero-order valence-electron chi connectivity index (χ0n) is 15.7. The van der Waals surface area contributed by atoms with Crippen molar-refractivity contribution in [2.24, 2.45) is 5.92 Å². The van der Waals surface area contributed by atoms with E-state index in [1.54, 1.807) is 17.0 Å². The van der Waals surface area contributed by atoms with Crippen molar-refractivity contribution in [3.05, 3.63) is 29.8 Å². The van der Waals surface area contributed by atoms with E-state index in [-0.39, 0.29) is 5.91 Å². The summed E-state index contributed by atoms with van der Waals surface area (Å²) in [7, 11) is -3.48. The third kappa shape index (κ3) is 4.45. The standard InChI is InChI=1S/C19H29N3O3S/c1-16-5-7-18(8-6-16)26(24,25)22-12-10-21(11-13-22)19(23)15-20-9-3-4-17(2)14-20/h5-8,17H,3-4,9-15H2,1-2H3/t17-/m0/s1. The molecule has 1 amide bonds. The molecule has 0 radical (unpaired) electrons. The second kappa shape index (κ2) is 8.06. The van der Waals surface area contributed by atoms with E-state index in [9.17, 15) is 13.2 Å². The molecule has 7 heteroatoms. The van der Waals surface area contributed by atoms with E-state index in [4.69, 9.17) is 0 Å². The summed E-state index contributed by atoms with van der Waals surface area (Å²) in [6, 6.07) is 6.93. The third-order valence-electron chi connectivity index (χ3n) is 5.35. The quantitative estimate of drug-likeness (QED) is 0.797. The Bertz CT molecular complexity index is 725. The first kappa shape index (κ1) is 19.3. The number of amides is 1. The first-order valence-electron chi connectivity index (χ1n) is 9.43. The molecular formula is C19H29N3O3S. The zero-order chi connectivity index (χ0) is 18.7. The van der Waals surface area contributed by atoms with Gasteiger partial charge in [0.2, 0.25) is 15.9 Å². The van der Waals surface area contributed by atoms with Crippen LogP contribution < -0.4 is 0 Å². The largest absolute Gasteiger partial charge is 0.339 e. The van der Waals surface area contributed by atoms with E-state index in [1.165, 1.54) is 10.7 Å². The molecule has 0 unspecified atom stereocenters. The smallest absolute Gasteiger partial charge is 0.243 e. The van der Waals surface area contributed by atoms with Crippen LogP contribution in [0.3, 0.4) is 0 Å². The summed E-state index contributed by atoms with van der Waals surface area (Å²) < 4.78 is 27.0. The number of piperidine rings is 1. The van der Waals surface area contributed by atoms with Gasteiger partial charge >= 0.3 is 0 Å². The van der Waals surface area contributed by atoms with Crippen molar-refractivity contribution >= 4 is 15.9 Å². The molecule has 0 aliphatic carbocycles. The van der Waals surface area contributed by atoms with Gasteiger partial charge in [-0.25, -0.2) is 8.42 Å². The van der Waals surface area contributed by atoms with Gasteiger partial charge in [-0.1, -0.05) is 24.6 Å². The Kier molecular flexibility index (Phi) is 5.99. The molecule has 1 aromatic rings. The summed E-state index contributed by atoms with van der Waals surface area (Å²) in [6.07, 6.45) is 2.39. The summed E-state index contributed by atoms with van der Waals surface area (Å²) in [4.78, 5) is 16.9. The van der Waals surface area contributed by atoms with Gasteiger partial charge in [0.25, 0.3) is 0 Å². The van der Waals surface area contributed by atoms with Gasteiger partial charge in [-0.2, -0.15) is 4.31 Å². The molecule has 144 valence electrons. The molecule has 3 rings (SSSR count). The summed E-state index contributed by atoms with van der Waals surface area (Å²) in [5.74, 6) is 0.763. The van der Waals surface area contributed by atoms with Gasteiger partial charge in [0, 0.05) is 32.7 Å². The number of aryl methyl sites for hydroxylation is 1. The van der Waals surface area contributed by atoms with Gasteiger partial charge in [0.05, 0.1) is 11.4 Å². The van der Waals surface area contributed by atoms with Crippen molar-refractivity contribution in [1.82, 2.24) is 14.1 Å². The number of benzene rings is 1. The number of sulfonamides is 1. The van der Waals surface area contributed by atoms with Crippen LogP contribution in [0.2, 0.25) is 0 Å². The molecule has 1 atom stereocenters. The van der Waals surface area contributed by atoms with Gasteiger partial charge in [-0.05, 0) is 44.4 Å². The maximum Gasteiger partial charge on any atom is 0.243 e. The van der Waals surface area contributed by atoms with Gasteiger partial charge in [-0.15, -0.1) is 0 Å². The van der Waals surface area contributed by atoms with Crippen molar-refractivity contribution in [3.63, 3.8) is 0 Å². The van der Waals surface area contributed by atoms with Crippen LogP contribution in [0.15, 0.2) is 29.2 Å². The fourth-order valence-corrected chi connectivity index (χ4v) is 5.18. The maximum atomic E-state index is 12.7. The van der Waals surface area contributed by atoms with Crippen LogP contribution in [0.4, 0.5) is 0 Å². The Morgan fingerprint density at radius 2 is 1.73 bits per heavy atom. The number of rotatable bonds is 4. The fourth-order valence-electron chi connectivity index (χ4n) is 3.76. The lowest BCUT2D eigenvalue weighted by molar-refractivity contribution is -0.134. The monoisotopic (exact) mass is 379 g/mol. The van der Waals surface area contributed by atoms with Crippen LogP contribution >= 0.6 is 0 Å². The van der Waals surface area contributed by atoms with Crippen molar-refractivity contribution in [2.75, 3.05) is 45.8 Å². The molecule has 2 fully saturated rings. The highest BCUT2D eigenvalue weighted by Gasteiger charge is 2.30. The van der Waals surface area contributed by atoms with Crippen LogP contribution in [0, 0.1) is 12.8 Å². The zero-order valence-corrected chi connectivity index (χ0v) is 16.5. The minimum Gasteiger partial charge on any atom is -0.339 e. The minimum absolute atomic E-state index is 0.117. The SMILES string of the molecule is Cc1ccc(S(=O)(=O)N2CCN(C(=O)CN3CCC[C@H](C)C3)CC2)cc1. The molecule has 2 aliphatic rings. The van der Waals surface area contributed by atoms with E-state index in [0.29, 0.717) is 43.5 Å². The Balaban J connectivity index is 1.55. The van der Waals surface area contributed by atoms with Crippen LogP contribution in [0.1, 0.15) is 25.3 Å². The van der Waals surface area contributed by atoms with Gasteiger partial charge in [0.15, 0.2) is 0 Å². The van der Waals surface area contributed by atoms with E-state index >= 15 is 0 Å². The Hall–Kier alpha value is -1.44. The van der Waals surface area contributed by atoms with Crippen LogP contribution in [0.5, 0.6) is 0 Å². The Labute approximate surface area is 156 Å². The summed E-state index contributed by atoms with van der Waals surface area (Å²) in [5.41, 5.74) is 1.03. The molecule has 2 heterocycles. The molecule has 1 aromatic carbocycles. The third-order valence-corrected chi connectivity index (χ3v) is 7.26. The molecule has 2 aliphatic heterocycles. The summed E-state index contributed by atoms with van der Waals surface area (Å²) in [6.45, 7) is 8.23. The second-order valence-electron chi connectivity index (χ2n) is 7.58. The molecule has 0 spiro atoms. The molecule has 0 saturated carbocycles. The highest BCUT2D eigenvalue weighted by atomic mass is 32.2. The van der Waals surface area contributed by atoms with Crippen LogP contribution in [0.25, 0.3) is 0 Å². The van der Waals surface area contributed by atoms with Crippen molar-refractivity contribution in [1.29, 1.82) is 0 Å². The second-order valence-corrected chi connectivity index (χ2v) is 9.52. The molecule has 0 bridgehead atoms. The first-order chi connectivity index (χ1) is 12.4. The van der Waals surface area contributed by atoms with E-state index in [1.807, 2.05) is 19.1 Å². The lowest BCUT2D eigenvalue weighted by atomic mass is 10.0. The molecule has 26 heavy (non-hydrogen) atoms. The highest BCUT2D eigenvalue weighted by molar-refractivity contribution is 7.89. The lowest BCUT2D eigenvalue weighted by Gasteiger charge is -2.36. The number of carbonyl (C=O) groups excluding carboxylic acids is 1. The number of hydrogen-bond donors (Lipinski definition) is 0. The number of likely N-dealkylation sites (tertiary alicyclic amines) is 1. The lowest BCUT2D eigenvalue weighted by Crippen LogP contribution is -2.53. The normalized spacial score (nSPS) is 23.2. The first-order valence-corrected chi connectivity index (χ1v) is 10.9. The average Bonchev–Trinajstić information content (AvgIpc) is 2.62. The van der Waals surface area contributed by atoms with Crippen molar-refractivity contribution in [2.45, 2.75) is 31.6 Å². The number of carbonyl (C=O) groups is 1. The van der Waals surface area contributed by atoms with Crippen molar-refractivity contribution in [3.8, 4) is 0 Å². The highest BCUT2D eigenvalue weighted by Crippen LogP contribution is 2.19. The Morgan fingerprint density at radius 1 is 1.08 bits per heavy atom. The van der Waals surface area contributed by atoms with E-state index < -0.39 is 10.0 Å². The van der Waals surface area contributed by atoms with Crippen LogP contribution in [-0.4, -0.2) is 74.2 Å². The molecule has 0 N–H and O–H groups in total. The van der Waals surface area contributed by atoms with Gasteiger partial charge < -0.3 is 4.90 Å². The number of hydrogen-bond acceptors (Lipinski definition) is 4. The fraction of sp³-hybridized carbons (Fsp3) is 0.632. The number of piperazine rings is 1. The Morgan fingerprint density at radius 3 is 2.35 bits per heavy atom. The topological polar surface area (TPSA) is 60.9 Å². The molecule has 2 saturated heterocycles. The van der Waals surface area contributed by atoms with Gasteiger partial charge in [-0.3, -0.25) is 9.69 Å². The number of nitrogens with zero attached hydrogens (tertiary/aromatic N) is 3. The van der Waals surface area contributed by atoms with Crippen molar-refractivity contribution < 1.29 is 13.2 Å². The molecule has 0 aromatic heterocycles. The summed E-state index contributed by atoms with van der Waals surface area (Å²) >= 11 is 0. The van der Waals surface area contributed by atoms with E-state index in [2.05, 4.69) is 11.8 Å². The molecular weight excluding hydrogens is 350 g/mol. The van der Waals surface area contributed by atoms with E-state index in [0.717, 1.165) is 25.1 Å². The van der Waals surface area contributed by atoms with Gasteiger partial charge in [0.1, 0.15) is 0 Å². The summed E-state index contributed by atoms with van der Waals surface area (Å²) in [5, 5.41) is 0. The average molecular weight is 380 g/mol. The predicted octanol–water partition coefficient (Wildman–Crippen LogP) is 1.56. The van der Waals surface area contributed by atoms with Crippen LogP contribution in [-0.2, 0) is 14.8 Å².